The van der Waals surface area contributed by atoms with Gasteiger partial charge >= 0.3 is 5.97 Å². The van der Waals surface area contributed by atoms with Crippen molar-refractivity contribution < 1.29 is 9.90 Å². The normalized spacial score (nSPS) is 10.5. The second-order valence-electron chi connectivity index (χ2n) is 2.50. The third-order valence-corrected chi connectivity index (χ3v) is 1.70. The van der Waals surface area contributed by atoms with Crippen molar-refractivity contribution in [2.45, 2.75) is 0 Å². The van der Waals surface area contributed by atoms with Gasteiger partial charge in [0, 0.05) is 0 Å². The lowest BCUT2D eigenvalue weighted by Gasteiger charge is -1.94. The molecule has 0 aliphatic heterocycles. The van der Waals surface area contributed by atoms with Gasteiger partial charge in [-0.2, -0.15) is 0 Å². The summed E-state index contributed by atoms with van der Waals surface area (Å²) in [6, 6.07) is 0. The Morgan fingerprint density at radius 3 is 3.00 bits per heavy atom. The van der Waals surface area contributed by atoms with Crippen molar-refractivity contribution in [3.8, 4) is 0 Å². The zero-order valence-electron chi connectivity index (χ0n) is 6.48. The summed E-state index contributed by atoms with van der Waals surface area (Å²) in [6.45, 7) is 0. The fraction of sp³-hybridized carbons (Fsp3) is 0. The van der Waals surface area contributed by atoms with E-state index in [4.69, 9.17) is 13.0 Å². The molecule has 2 heterocycles. The predicted octanol–water partition coefficient (Wildman–Crippen LogP) is -0.550. The smallest absolute Gasteiger partial charge is 0.356 e. The Morgan fingerprint density at radius 2 is 2.31 bits per heavy atom. The molecule has 2 rings (SSSR count). The van der Waals surface area contributed by atoms with Gasteiger partial charge in [-0.05, 0) is 6.20 Å². The number of aromatic nitrogens is 3. The summed E-state index contributed by atoms with van der Waals surface area (Å²) in [4.78, 5) is 20.9. The lowest BCUT2D eigenvalue weighted by atomic mass is 9.99. The first kappa shape index (κ1) is 7.79. The first-order valence-electron chi connectivity index (χ1n) is 3.51. The molecule has 0 aliphatic carbocycles. The zero-order chi connectivity index (χ0) is 9.42. The standard InChI is InChI=1S/C7H4BN3O2/c8-3-1-9-5-4(3)10-2-11-6(5)7(12)13/h1-2,9H,(H,12,13). The second kappa shape index (κ2) is 2.58. The summed E-state index contributed by atoms with van der Waals surface area (Å²) in [5.41, 5.74) is 1.14. The molecule has 0 saturated carbocycles. The number of nitrogens with zero attached hydrogens (tertiary/aromatic N) is 2. The van der Waals surface area contributed by atoms with E-state index < -0.39 is 5.97 Å². The summed E-state index contributed by atoms with van der Waals surface area (Å²) >= 11 is 0. The van der Waals surface area contributed by atoms with Crippen LogP contribution in [0.4, 0.5) is 0 Å². The van der Waals surface area contributed by atoms with Gasteiger partial charge in [0.1, 0.15) is 14.2 Å². The van der Waals surface area contributed by atoms with E-state index in [1.807, 2.05) is 0 Å². The summed E-state index contributed by atoms with van der Waals surface area (Å²) in [6.07, 6.45) is 2.67. The molecule has 0 atom stereocenters. The van der Waals surface area contributed by atoms with E-state index in [0.29, 0.717) is 16.5 Å². The minimum Gasteiger partial charge on any atom is -0.476 e. The van der Waals surface area contributed by atoms with Crippen LogP contribution in [-0.4, -0.2) is 33.9 Å². The third kappa shape index (κ3) is 1.07. The highest BCUT2D eigenvalue weighted by Gasteiger charge is 2.12. The molecule has 0 amide bonds. The molecule has 6 heteroatoms. The van der Waals surface area contributed by atoms with Gasteiger partial charge in [0.2, 0.25) is 0 Å². The Hall–Kier alpha value is -1.85. The van der Waals surface area contributed by atoms with E-state index >= 15 is 0 Å². The van der Waals surface area contributed by atoms with E-state index in [0.717, 1.165) is 0 Å². The molecule has 2 aromatic rings. The molecule has 0 aromatic carbocycles. The van der Waals surface area contributed by atoms with Crippen LogP contribution in [0.2, 0.25) is 0 Å². The molecule has 2 aromatic heterocycles. The number of nitrogens with one attached hydrogen (secondary N) is 1. The van der Waals surface area contributed by atoms with Gasteiger partial charge in [0.15, 0.2) is 5.69 Å². The van der Waals surface area contributed by atoms with Gasteiger partial charge in [-0.3, -0.25) is 0 Å². The lowest BCUT2D eigenvalue weighted by molar-refractivity contribution is 0.0692. The molecule has 2 radical (unpaired) electrons. The van der Waals surface area contributed by atoms with Gasteiger partial charge in [-0.15, -0.1) is 0 Å². The Labute approximate surface area is 74.2 Å². The number of hydrogen-bond acceptors (Lipinski definition) is 3. The second-order valence-corrected chi connectivity index (χ2v) is 2.50. The van der Waals surface area contributed by atoms with Gasteiger partial charge < -0.3 is 10.1 Å². The Bertz CT molecular complexity index is 480. The van der Waals surface area contributed by atoms with Crippen LogP contribution in [0.3, 0.4) is 0 Å². The number of rotatable bonds is 1. The summed E-state index contributed by atoms with van der Waals surface area (Å²) in [5.74, 6) is -1.10. The van der Waals surface area contributed by atoms with Crippen molar-refractivity contribution in [2.75, 3.05) is 0 Å². The molecular weight excluding hydrogens is 169 g/mol. The van der Waals surface area contributed by atoms with Crippen LogP contribution >= 0.6 is 0 Å². The van der Waals surface area contributed by atoms with Crippen molar-refractivity contribution in [3.05, 3.63) is 18.2 Å². The van der Waals surface area contributed by atoms with Crippen molar-refractivity contribution in [3.63, 3.8) is 0 Å². The quantitative estimate of drug-likeness (QED) is 0.567. The van der Waals surface area contributed by atoms with Crippen LogP contribution in [0.25, 0.3) is 11.0 Å². The molecule has 2 N–H and O–H groups in total. The number of fused-ring (bicyclic) bond motifs is 1. The fourth-order valence-electron chi connectivity index (χ4n) is 1.12. The van der Waals surface area contributed by atoms with Crippen LogP contribution in [-0.2, 0) is 0 Å². The average molecular weight is 173 g/mol. The van der Waals surface area contributed by atoms with E-state index in [9.17, 15) is 4.79 Å². The van der Waals surface area contributed by atoms with Crippen molar-refractivity contribution >= 4 is 30.3 Å². The molecule has 0 aliphatic rings. The highest BCUT2D eigenvalue weighted by Crippen LogP contribution is 2.09. The number of carboxylic acid groups (broad SMARTS) is 1. The number of hydrogen-bond donors (Lipinski definition) is 2. The first-order valence-corrected chi connectivity index (χ1v) is 3.51. The molecule has 0 saturated heterocycles. The summed E-state index contributed by atoms with van der Waals surface area (Å²) < 4.78 is 0. The number of carboxylic acids is 1. The molecule has 62 valence electrons. The maximum atomic E-state index is 10.7. The molecule has 0 unspecified atom stereocenters. The van der Waals surface area contributed by atoms with Crippen molar-refractivity contribution in [1.82, 2.24) is 15.0 Å². The average Bonchev–Trinajstić information content (AvgIpc) is 2.48. The highest BCUT2D eigenvalue weighted by molar-refractivity contribution is 6.38. The number of aromatic carboxylic acids is 1. The number of H-pyrrole nitrogens is 1. The van der Waals surface area contributed by atoms with Crippen molar-refractivity contribution in [2.24, 2.45) is 0 Å². The Kier molecular flexibility index (Phi) is 1.55. The SMILES string of the molecule is [B]c1c[nH]c2c(C(=O)O)ncnc12. The fourth-order valence-corrected chi connectivity index (χ4v) is 1.12. The molecule has 0 fully saturated rings. The number of carbonyl (C=O) groups is 1. The minimum absolute atomic E-state index is 0.0679. The first-order chi connectivity index (χ1) is 6.20. The molecular formula is C7H4BN3O2. The largest absolute Gasteiger partial charge is 0.476 e. The van der Waals surface area contributed by atoms with Crippen LogP contribution in [0.15, 0.2) is 12.5 Å². The maximum absolute atomic E-state index is 10.7. The van der Waals surface area contributed by atoms with Crippen LogP contribution < -0.4 is 5.46 Å². The molecule has 5 nitrogen and oxygen atoms in total. The van der Waals surface area contributed by atoms with Crippen LogP contribution in [0, 0.1) is 0 Å². The van der Waals surface area contributed by atoms with Crippen LogP contribution in [0.1, 0.15) is 10.5 Å². The van der Waals surface area contributed by atoms with E-state index in [1.165, 1.54) is 12.5 Å². The highest BCUT2D eigenvalue weighted by atomic mass is 16.4. The van der Waals surface area contributed by atoms with E-state index in [1.54, 1.807) is 0 Å². The monoisotopic (exact) mass is 173 g/mol. The van der Waals surface area contributed by atoms with Gasteiger partial charge in [0.25, 0.3) is 0 Å². The van der Waals surface area contributed by atoms with E-state index in [-0.39, 0.29) is 5.69 Å². The Balaban J connectivity index is 2.84. The van der Waals surface area contributed by atoms with Crippen LogP contribution in [0.5, 0.6) is 0 Å². The minimum atomic E-state index is -1.10. The topological polar surface area (TPSA) is 78.9 Å². The predicted molar refractivity (Wildman–Crippen MR) is 46.2 cm³/mol. The lowest BCUT2D eigenvalue weighted by Crippen LogP contribution is -2.04. The van der Waals surface area contributed by atoms with Crippen molar-refractivity contribution in [1.29, 1.82) is 0 Å². The summed E-state index contributed by atoms with van der Waals surface area (Å²) in [5, 5.41) is 8.74. The molecule has 13 heavy (non-hydrogen) atoms. The third-order valence-electron chi connectivity index (χ3n) is 1.70. The van der Waals surface area contributed by atoms with E-state index in [2.05, 4.69) is 15.0 Å². The number of aromatic amines is 1. The van der Waals surface area contributed by atoms with Gasteiger partial charge in [-0.25, -0.2) is 14.8 Å². The zero-order valence-corrected chi connectivity index (χ0v) is 6.48. The Morgan fingerprint density at radius 1 is 1.54 bits per heavy atom. The van der Waals surface area contributed by atoms with Gasteiger partial charge in [0.05, 0.1) is 11.0 Å². The molecule has 0 spiro atoms. The maximum Gasteiger partial charge on any atom is 0.356 e. The molecule has 0 bridgehead atoms. The van der Waals surface area contributed by atoms with Gasteiger partial charge in [-0.1, -0.05) is 5.46 Å². The summed E-state index contributed by atoms with van der Waals surface area (Å²) in [7, 11) is 5.53.